The number of ether oxygens (including phenoxy) is 2. The molecule has 146 valence electrons. The van der Waals surface area contributed by atoms with Crippen LogP contribution >= 0.6 is 0 Å². The molecule has 1 aromatic heterocycles. The molecule has 0 spiro atoms. The molecule has 1 aromatic carbocycles. The summed E-state index contributed by atoms with van der Waals surface area (Å²) in [7, 11) is -3.72. The molecule has 27 heavy (non-hydrogen) atoms. The normalized spacial score (nSPS) is 15.7. The zero-order valence-electron chi connectivity index (χ0n) is 16.1. The van der Waals surface area contributed by atoms with E-state index in [1.54, 1.807) is 38.1 Å². The van der Waals surface area contributed by atoms with Crippen LogP contribution in [0.15, 0.2) is 40.1 Å². The number of hydrogen-bond donors (Lipinski definition) is 0. The molecule has 1 fully saturated rings. The Labute approximate surface area is 161 Å². The predicted octanol–water partition coefficient (Wildman–Crippen LogP) is 2.55. The Morgan fingerprint density at radius 1 is 1.11 bits per heavy atom. The highest BCUT2D eigenvalue weighted by molar-refractivity contribution is 7.91. The van der Waals surface area contributed by atoms with Crippen molar-refractivity contribution in [3.05, 3.63) is 47.2 Å². The van der Waals surface area contributed by atoms with Crippen LogP contribution in [0.4, 0.5) is 0 Å². The third-order valence-electron chi connectivity index (χ3n) is 4.66. The topological polar surface area (TPSA) is 68.7 Å². The van der Waals surface area contributed by atoms with Crippen LogP contribution in [0, 0.1) is 20.8 Å². The van der Waals surface area contributed by atoms with Gasteiger partial charge in [-0.3, -0.25) is 4.90 Å². The lowest BCUT2D eigenvalue weighted by Gasteiger charge is -2.26. The Balaban J connectivity index is 1.89. The number of pyridine rings is 1. The largest absolute Gasteiger partial charge is 0.475 e. The van der Waals surface area contributed by atoms with Crippen LogP contribution in [0.5, 0.6) is 5.88 Å². The van der Waals surface area contributed by atoms with Crippen molar-refractivity contribution < 1.29 is 17.9 Å². The van der Waals surface area contributed by atoms with Gasteiger partial charge in [0, 0.05) is 25.3 Å². The molecule has 0 aliphatic carbocycles. The minimum atomic E-state index is -3.72. The second-order valence-corrected chi connectivity index (χ2v) is 8.64. The number of morpholine rings is 1. The van der Waals surface area contributed by atoms with Gasteiger partial charge >= 0.3 is 0 Å². The standard InChI is InChI=1S/C20H26N2O4S/c1-15-6-4-5-7-18(15)27(23,24)19-16(2)14-17(3)21-20(19)26-13-10-22-8-11-25-12-9-22/h4-7,14H,8-13H2,1-3H3. The van der Waals surface area contributed by atoms with Gasteiger partial charge in [-0.05, 0) is 44.0 Å². The molecule has 1 aliphatic rings. The average Bonchev–Trinajstić information content (AvgIpc) is 2.62. The van der Waals surface area contributed by atoms with Crippen LogP contribution in [0.1, 0.15) is 16.8 Å². The maximum absolute atomic E-state index is 13.3. The molecule has 2 heterocycles. The van der Waals surface area contributed by atoms with E-state index in [-0.39, 0.29) is 15.7 Å². The summed E-state index contributed by atoms with van der Waals surface area (Å²) in [6.45, 7) is 9.66. The fraction of sp³-hybridized carbons (Fsp3) is 0.450. The lowest BCUT2D eigenvalue weighted by Crippen LogP contribution is -2.38. The summed E-state index contributed by atoms with van der Waals surface area (Å²) in [6, 6.07) is 8.76. The van der Waals surface area contributed by atoms with Crippen LogP contribution in [0.2, 0.25) is 0 Å². The van der Waals surface area contributed by atoms with E-state index >= 15 is 0 Å². The monoisotopic (exact) mass is 390 g/mol. The maximum Gasteiger partial charge on any atom is 0.233 e. The number of benzene rings is 1. The molecule has 0 N–H and O–H groups in total. The SMILES string of the molecule is Cc1cc(C)c(S(=O)(=O)c2ccccc2C)c(OCCN2CCOCC2)n1. The van der Waals surface area contributed by atoms with Gasteiger partial charge in [-0.15, -0.1) is 0 Å². The molecular weight excluding hydrogens is 364 g/mol. The summed E-state index contributed by atoms with van der Waals surface area (Å²) in [6.07, 6.45) is 0. The highest BCUT2D eigenvalue weighted by Gasteiger charge is 2.27. The maximum atomic E-state index is 13.3. The van der Waals surface area contributed by atoms with Crippen molar-refractivity contribution in [2.24, 2.45) is 0 Å². The zero-order valence-corrected chi connectivity index (χ0v) is 16.9. The van der Waals surface area contributed by atoms with Crippen molar-refractivity contribution in [3.63, 3.8) is 0 Å². The third-order valence-corrected chi connectivity index (χ3v) is 6.73. The van der Waals surface area contributed by atoms with Crippen molar-refractivity contribution >= 4 is 9.84 Å². The number of aryl methyl sites for hydroxylation is 3. The summed E-state index contributed by atoms with van der Waals surface area (Å²) in [5.41, 5.74) is 2.08. The minimum absolute atomic E-state index is 0.157. The first kappa shape index (κ1) is 19.8. The van der Waals surface area contributed by atoms with E-state index in [1.807, 2.05) is 13.0 Å². The molecule has 0 bridgehead atoms. The van der Waals surface area contributed by atoms with Crippen molar-refractivity contribution in [2.75, 3.05) is 39.5 Å². The predicted molar refractivity (Wildman–Crippen MR) is 103 cm³/mol. The fourth-order valence-corrected chi connectivity index (χ4v) is 5.07. The quantitative estimate of drug-likeness (QED) is 0.755. The van der Waals surface area contributed by atoms with Gasteiger partial charge in [0.2, 0.25) is 15.7 Å². The Kier molecular flexibility index (Phi) is 6.14. The Hall–Kier alpha value is -1.96. The first-order chi connectivity index (χ1) is 12.9. The minimum Gasteiger partial charge on any atom is -0.475 e. The van der Waals surface area contributed by atoms with Crippen LogP contribution in [-0.4, -0.2) is 57.8 Å². The molecule has 2 aromatic rings. The van der Waals surface area contributed by atoms with Crippen LogP contribution in [0.3, 0.4) is 0 Å². The van der Waals surface area contributed by atoms with Gasteiger partial charge in [0.05, 0.1) is 18.1 Å². The smallest absolute Gasteiger partial charge is 0.233 e. The molecule has 6 nitrogen and oxygen atoms in total. The lowest BCUT2D eigenvalue weighted by atomic mass is 10.2. The van der Waals surface area contributed by atoms with E-state index < -0.39 is 9.84 Å². The van der Waals surface area contributed by atoms with Crippen LogP contribution in [-0.2, 0) is 14.6 Å². The summed E-state index contributed by atoms with van der Waals surface area (Å²) in [5.74, 6) is 0.184. The molecule has 0 radical (unpaired) electrons. The number of hydrogen-bond acceptors (Lipinski definition) is 6. The van der Waals surface area contributed by atoms with Crippen molar-refractivity contribution in [1.29, 1.82) is 0 Å². The van der Waals surface area contributed by atoms with Crippen LogP contribution in [0.25, 0.3) is 0 Å². The molecule has 1 saturated heterocycles. The molecule has 0 atom stereocenters. The van der Waals surface area contributed by atoms with Gasteiger partial charge in [0.25, 0.3) is 0 Å². The Bertz CT molecular complexity index is 906. The van der Waals surface area contributed by atoms with E-state index in [0.717, 1.165) is 18.8 Å². The number of sulfone groups is 1. The molecule has 3 rings (SSSR count). The van der Waals surface area contributed by atoms with Gasteiger partial charge in [-0.25, -0.2) is 13.4 Å². The summed E-state index contributed by atoms with van der Waals surface area (Å²) in [5, 5.41) is 0. The van der Waals surface area contributed by atoms with Crippen molar-refractivity contribution in [1.82, 2.24) is 9.88 Å². The summed E-state index contributed by atoms with van der Waals surface area (Å²) < 4.78 is 37.9. The number of aromatic nitrogens is 1. The van der Waals surface area contributed by atoms with Crippen LogP contribution < -0.4 is 4.74 Å². The van der Waals surface area contributed by atoms with E-state index in [9.17, 15) is 8.42 Å². The van der Waals surface area contributed by atoms with Crippen molar-refractivity contribution in [2.45, 2.75) is 30.6 Å². The summed E-state index contributed by atoms with van der Waals surface area (Å²) >= 11 is 0. The van der Waals surface area contributed by atoms with E-state index in [1.165, 1.54) is 0 Å². The number of rotatable bonds is 6. The third kappa shape index (κ3) is 4.48. The molecule has 1 aliphatic heterocycles. The molecule has 0 unspecified atom stereocenters. The first-order valence-electron chi connectivity index (χ1n) is 9.11. The second kappa shape index (κ2) is 8.37. The Morgan fingerprint density at radius 3 is 2.52 bits per heavy atom. The van der Waals surface area contributed by atoms with Gasteiger partial charge in [-0.2, -0.15) is 0 Å². The average molecular weight is 391 g/mol. The zero-order chi connectivity index (χ0) is 19.4. The van der Waals surface area contributed by atoms with Gasteiger partial charge in [0.15, 0.2) is 0 Å². The van der Waals surface area contributed by atoms with Gasteiger partial charge < -0.3 is 9.47 Å². The molecule has 0 saturated carbocycles. The van der Waals surface area contributed by atoms with Crippen molar-refractivity contribution in [3.8, 4) is 5.88 Å². The molecule has 0 amide bonds. The highest BCUT2D eigenvalue weighted by Crippen LogP contribution is 2.32. The molecular formula is C20H26N2O4S. The number of nitrogens with zero attached hydrogens (tertiary/aromatic N) is 2. The second-order valence-electron chi connectivity index (χ2n) is 6.79. The Morgan fingerprint density at radius 2 is 1.81 bits per heavy atom. The fourth-order valence-electron chi connectivity index (χ4n) is 3.28. The first-order valence-corrected chi connectivity index (χ1v) is 10.6. The van der Waals surface area contributed by atoms with E-state index in [2.05, 4.69) is 9.88 Å². The van der Waals surface area contributed by atoms with E-state index in [4.69, 9.17) is 9.47 Å². The highest BCUT2D eigenvalue weighted by atomic mass is 32.2. The van der Waals surface area contributed by atoms with Gasteiger partial charge in [-0.1, -0.05) is 18.2 Å². The summed E-state index contributed by atoms with van der Waals surface area (Å²) in [4.78, 5) is 7.08. The van der Waals surface area contributed by atoms with E-state index in [0.29, 0.717) is 37.5 Å². The lowest BCUT2D eigenvalue weighted by molar-refractivity contribution is 0.0318. The van der Waals surface area contributed by atoms with Gasteiger partial charge in [0.1, 0.15) is 11.5 Å². The molecule has 7 heteroatoms.